The summed E-state index contributed by atoms with van der Waals surface area (Å²) in [6, 6.07) is 5.11. The van der Waals surface area contributed by atoms with Crippen LogP contribution in [0, 0.1) is 0 Å². The zero-order chi connectivity index (χ0) is 9.97. The number of hydrogen-bond acceptors (Lipinski definition) is 2. The van der Waals surface area contributed by atoms with Crippen LogP contribution >= 0.6 is 0 Å². The minimum atomic E-state index is 0.00343. The predicted octanol–water partition coefficient (Wildman–Crippen LogP) is 1.65. The van der Waals surface area contributed by atoms with Crippen LogP contribution in [0.4, 0.5) is 0 Å². The molecule has 2 aromatic rings. The van der Waals surface area contributed by atoms with E-state index in [4.69, 9.17) is 0 Å². The van der Waals surface area contributed by atoms with Crippen molar-refractivity contribution in [2.75, 3.05) is 0 Å². The third kappa shape index (κ3) is 1.44. The number of nitrogens with zero attached hydrogens (tertiary/aromatic N) is 1. The van der Waals surface area contributed by atoms with Crippen molar-refractivity contribution < 1.29 is 0 Å². The molecule has 0 aliphatic carbocycles. The molecule has 3 nitrogen and oxygen atoms in total. The Kier molecular flexibility index (Phi) is 2.14. The van der Waals surface area contributed by atoms with Crippen molar-refractivity contribution in [1.82, 2.24) is 9.97 Å². The Morgan fingerprint density at radius 2 is 2.43 bits per heavy atom. The number of hydrogen-bond donors (Lipinski definition) is 1. The second-order valence-electron chi connectivity index (χ2n) is 3.05. The van der Waals surface area contributed by atoms with E-state index in [-0.39, 0.29) is 5.43 Å². The fourth-order valence-electron chi connectivity index (χ4n) is 1.39. The van der Waals surface area contributed by atoms with Gasteiger partial charge in [-0.25, -0.2) is 4.98 Å². The standard InChI is InChI=1S/C11H10N2O/c1-2-4-8-7-10(14)9-5-3-6-12-11(9)13-8/h2-3,5-7H,1,4H2,(H,12,13,14). The van der Waals surface area contributed by atoms with E-state index in [9.17, 15) is 4.79 Å². The largest absolute Gasteiger partial charge is 0.343 e. The topological polar surface area (TPSA) is 45.8 Å². The van der Waals surface area contributed by atoms with Crippen LogP contribution < -0.4 is 5.43 Å². The Balaban J connectivity index is 2.72. The lowest BCUT2D eigenvalue weighted by atomic mass is 10.2. The van der Waals surface area contributed by atoms with Crippen molar-refractivity contribution >= 4 is 11.0 Å². The van der Waals surface area contributed by atoms with Crippen LogP contribution in [0.25, 0.3) is 11.0 Å². The molecule has 14 heavy (non-hydrogen) atoms. The molecule has 0 bridgehead atoms. The molecule has 2 aromatic heterocycles. The number of aromatic nitrogens is 2. The molecule has 2 rings (SSSR count). The molecule has 0 aliphatic heterocycles. The molecule has 0 amide bonds. The molecular weight excluding hydrogens is 176 g/mol. The first-order chi connectivity index (χ1) is 6.81. The molecule has 0 saturated heterocycles. The molecule has 2 heterocycles. The monoisotopic (exact) mass is 186 g/mol. The highest BCUT2D eigenvalue weighted by atomic mass is 16.1. The lowest BCUT2D eigenvalue weighted by molar-refractivity contribution is 1.12. The second-order valence-corrected chi connectivity index (χ2v) is 3.05. The van der Waals surface area contributed by atoms with Crippen LogP contribution in [0.1, 0.15) is 5.69 Å². The predicted molar refractivity (Wildman–Crippen MR) is 56.3 cm³/mol. The van der Waals surface area contributed by atoms with Gasteiger partial charge in [-0.05, 0) is 12.1 Å². The van der Waals surface area contributed by atoms with Crippen molar-refractivity contribution in [3.63, 3.8) is 0 Å². The maximum Gasteiger partial charge on any atom is 0.191 e. The van der Waals surface area contributed by atoms with Crippen LogP contribution in [-0.2, 0) is 6.42 Å². The highest BCUT2D eigenvalue weighted by Gasteiger charge is 2.00. The van der Waals surface area contributed by atoms with E-state index in [1.54, 1.807) is 30.5 Å². The summed E-state index contributed by atoms with van der Waals surface area (Å²) in [5.41, 5.74) is 1.48. The summed E-state index contributed by atoms with van der Waals surface area (Å²) in [5.74, 6) is 0. The highest BCUT2D eigenvalue weighted by Crippen LogP contribution is 2.04. The number of nitrogens with one attached hydrogen (secondary N) is 1. The van der Waals surface area contributed by atoms with E-state index < -0.39 is 0 Å². The van der Waals surface area contributed by atoms with E-state index in [1.165, 1.54) is 0 Å². The number of rotatable bonds is 2. The van der Waals surface area contributed by atoms with Crippen molar-refractivity contribution in [3.8, 4) is 0 Å². The summed E-state index contributed by atoms with van der Waals surface area (Å²) < 4.78 is 0. The third-order valence-electron chi connectivity index (χ3n) is 2.02. The van der Waals surface area contributed by atoms with Gasteiger partial charge >= 0.3 is 0 Å². The number of fused-ring (bicyclic) bond motifs is 1. The fourth-order valence-corrected chi connectivity index (χ4v) is 1.39. The highest BCUT2D eigenvalue weighted by molar-refractivity contribution is 5.73. The van der Waals surface area contributed by atoms with Crippen LogP contribution in [-0.4, -0.2) is 9.97 Å². The van der Waals surface area contributed by atoms with E-state index in [0.29, 0.717) is 17.5 Å². The number of H-pyrrole nitrogens is 1. The summed E-state index contributed by atoms with van der Waals surface area (Å²) in [7, 11) is 0. The van der Waals surface area contributed by atoms with Gasteiger partial charge in [0.2, 0.25) is 0 Å². The van der Waals surface area contributed by atoms with E-state index in [1.807, 2.05) is 0 Å². The number of allylic oxidation sites excluding steroid dienone is 1. The zero-order valence-electron chi connectivity index (χ0n) is 7.66. The van der Waals surface area contributed by atoms with Crippen molar-refractivity contribution in [3.05, 3.63) is 53.0 Å². The molecule has 70 valence electrons. The van der Waals surface area contributed by atoms with Gasteiger partial charge in [-0.15, -0.1) is 6.58 Å². The molecule has 0 aromatic carbocycles. The van der Waals surface area contributed by atoms with E-state index in [0.717, 1.165) is 5.69 Å². The Bertz CT molecular complexity index is 528. The Hall–Kier alpha value is -1.90. The van der Waals surface area contributed by atoms with Gasteiger partial charge in [-0.3, -0.25) is 4.79 Å². The summed E-state index contributed by atoms with van der Waals surface area (Å²) in [4.78, 5) is 18.8. The number of pyridine rings is 2. The Morgan fingerprint density at radius 3 is 3.21 bits per heavy atom. The SMILES string of the molecule is C=CCc1cc(=O)c2cccnc2[nH]1. The van der Waals surface area contributed by atoms with Gasteiger partial charge in [-0.1, -0.05) is 6.08 Å². The van der Waals surface area contributed by atoms with Gasteiger partial charge in [0.05, 0.1) is 5.39 Å². The summed E-state index contributed by atoms with van der Waals surface area (Å²) in [6.07, 6.45) is 4.07. The minimum Gasteiger partial charge on any atom is -0.343 e. The molecule has 1 N–H and O–H groups in total. The summed E-state index contributed by atoms with van der Waals surface area (Å²) in [5, 5.41) is 0.625. The average Bonchev–Trinajstić information content (AvgIpc) is 2.18. The average molecular weight is 186 g/mol. The Morgan fingerprint density at radius 1 is 1.57 bits per heavy atom. The van der Waals surface area contributed by atoms with Crippen LogP contribution in [0.5, 0.6) is 0 Å². The lowest BCUT2D eigenvalue weighted by Gasteiger charge is -1.99. The van der Waals surface area contributed by atoms with Gasteiger partial charge in [-0.2, -0.15) is 0 Å². The van der Waals surface area contributed by atoms with Gasteiger partial charge in [0.25, 0.3) is 0 Å². The minimum absolute atomic E-state index is 0.00343. The first-order valence-corrected chi connectivity index (χ1v) is 4.39. The number of aromatic amines is 1. The smallest absolute Gasteiger partial charge is 0.191 e. The van der Waals surface area contributed by atoms with Crippen molar-refractivity contribution in [1.29, 1.82) is 0 Å². The Labute approximate surface area is 81.1 Å². The molecule has 0 spiro atoms. The quantitative estimate of drug-likeness (QED) is 0.725. The van der Waals surface area contributed by atoms with Crippen molar-refractivity contribution in [2.24, 2.45) is 0 Å². The third-order valence-corrected chi connectivity index (χ3v) is 2.02. The van der Waals surface area contributed by atoms with Crippen LogP contribution in [0.3, 0.4) is 0 Å². The zero-order valence-corrected chi connectivity index (χ0v) is 7.66. The van der Waals surface area contributed by atoms with E-state index >= 15 is 0 Å². The fraction of sp³-hybridized carbons (Fsp3) is 0.0909. The van der Waals surface area contributed by atoms with Gasteiger partial charge in [0, 0.05) is 24.4 Å². The maximum absolute atomic E-state index is 11.6. The molecule has 0 atom stereocenters. The lowest BCUT2D eigenvalue weighted by Crippen LogP contribution is -2.05. The first-order valence-electron chi connectivity index (χ1n) is 4.39. The molecule has 0 unspecified atom stereocenters. The van der Waals surface area contributed by atoms with Gasteiger partial charge in [0.15, 0.2) is 5.43 Å². The molecule has 0 saturated carbocycles. The van der Waals surface area contributed by atoms with E-state index in [2.05, 4.69) is 16.5 Å². The maximum atomic E-state index is 11.6. The van der Waals surface area contributed by atoms with Crippen LogP contribution in [0.2, 0.25) is 0 Å². The van der Waals surface area contributed by atoms with Gasteiger partial charge in [0.1, 0.15) is 5.65 Å². The molecule has 0 fully saturated rings. The first kappa shape index (κ1) is 8.69. The van der Waals surface area contributed by atoms with Crippen LogP contribution in [0.15, 0.2) is 41.8 Å². The van der Waals surface area contributed by atoms with Gasteiger partial charge < -0.3 is 4.98 Å². The summed E-state index contributed by atoms with van der Waals surface area (Å²) >= 11 is 0. The molecule has 0 radical (unpaired) electrons. The molecular formula is C11H10N2O. The summed E-state index contributed by atoms with van der Waals surface area (Å²) in [6.45, 7) is 3.62. The molecule has 0 aliphatic rings. The van der Waals surface area contributed by atoms with Crippen molar-refractivity contribution in [2.45, 2.75) is 6.42 Å². The second kappa shape index (κ2) is 3.46. The molecule has 3 heteroatoms. The normalized spacial score (nSPS) is 10.3.